The molecule has 7 amide bonds. The van der Waals surface area contributed by atoms with Crippen molar-refractivity contribution in [1.29, 1.82) is 0 Å². The van der Waals surface area contributed by atoms with Crippen molar-refractivity contribution in [2.24, 2.45) is 21.6 Å². The van der Waals surface area contributed by atoms with Crippen LogP contribution in [0.1, 0.15) is 51.0 Å². The van der Waals surface area contributed by atoms with E-state index in [1.54, 1.807) is 30.3 Å². The van der Waals surface area contributed by atoms with Gasteiger partial charge in [0.1, 0.15) is 61.2 Å². The summed E-state index contributed by atoms with van der Waals surface area (Å²) < 4.78 is 5.51. The lowest BCUT2D eigenvalue weighted by atomic mass is 9.94. The molecule has 15 N–H and O–H groups in total. The highest BCUT2D eigenvalue weighted by Gasteiger charge is 2.46. The quantitative estimate of drug-likeness (QED) is 0.0164. The average Bonchev–Trinajstić information content (AvgIpc) is 3.24. The summed E-state index contributed by atoms with van der Waals surface area (Å²) >= 11 is 0. The predicted octanol–water partition coefficient (Wildman–Crippen LogP) is -5.22. The first kappa shape index (κ1) is 50.8. The Labute approximate surface area is 360 Å². The highest BCUT2D eigenvalue weighted by molar-refractivity contribution is 5.98. The topological polar surface area (TPSA) is 424 Å². The van der Waals surface area contributed by atoms with Crippen LogP contribution in [0.4, 0.5) is 0 Å². The number of carboxylic acid groups (broad SMARTS) is 1. The molecule has 2 aliphatic rings. The molecule has 2 fully saturated rings. The predicted molar refractivity (Wildman–Crippen MR) is 218 cm³/mol. The highest BCUT2D eigenvalue weighted by atomic mass is 16.5. The van der Waals surface area contributed by atoms with Crippen LogP contribution in [-0.2, 0) is 49.5 Å². The normalized spacial score (nSPS) is 27.0. The molecule has 26 heteroatoms. The van der Waals surface area contributed by atoms with Crippen molar-refractivity contribution >= 4 is 53.3 Å². The number of rotatable bonds is 18. The van der Waals surface area contributed by atoms with E-state index >= 15 is 0 Å². The zero-order valence-electron chi connectivity index (χ0n) is 34.3. The minimum Gasteiger partial charge on any atom is -0.481 e. The number of carbonyl (C=O) groups excluding carboxylic acids is 7. The average molecular weight is 890 g/mol. The first-order valence-electron chi connectivity index (χ1n) is 20.0. The van der Waals surface area contributed by atoms with Crippen LogP contribution in [0.3, 0.4) is 0 Å². The molecule has 0 radical (unpaired) electrons. The lowest BCUT2D eigenvalue weighted by Gasteiger charge is -2.39. The molecule has 0 spiro atoms. The molecule has 2 unspecified atom stereocenters. The summed E-state index contributed by atoms with van der Waals surface area (Å²) in [6.45, 7) is 0.289. The van der Waals surface area contributed by atoms with Gasteiger partial charge in [-0.25, -0.2) is 0 Å². The molecule has 63 heavy (non-hydrogen) atoms. The van der Waals surface area contributed by atoms with E-state index in [2.05, 4.69) is 52.2 Å². The van der Waals surface area contributed by atoms with Crippen molar-refractivity contribution in [3.05, 3.63) is 46.3 Å². The number of nitrogens with two attached hydrogens (primary N) is 2. The Morgan fingerprint density at radius 3 is 2.00 bits per heavy atom. The van der Waals surface area contributed by atoms with Crippen LogP contribution < -0.4 is 48.7 Å². The number of ether oxygens (including phenoxy) is 1. The molecular weight excluding hydrogens is 834 g/mol. The maximum Gasteiger partial charge on any atom is 0.305 e. The SMILES string of the molecule is C[C@@H]1NC(=O)[C@H](CCCN=C(N)N)NC(=O)[C@H](CCCCNC(=O)C2O[C@H](CNC(=O)CN=[N+]=[N-])[C@@H](O)C(O)[C@@H]2O)NC(=O)[C@@H](Cc2ccccc2)NC(=O)[C@H](CC(=O)O)NC1=O. The molecule has 10 atom stereocenters. The fourth-order valence-corrected chi connectivity index (χ4v) is 6.47. The number of hydrogen-bond acceptors (Lipinski definition) is 14. The van der Waals surface area contributed by atoms with E-state index in [-0.39, 0.29) is 57.6 Å². The number of aliphatic hydroxyl groups excluding tert-OH is 3. The molecule has 0 bridgehead atoms. The van der Waals surface area contributed by atoms with Crippen LogP contribution in [0.15, 0.2) is 40.4 Å². The van der Waals surface area contributed by atoms with E-state index in [0.29, 0.717) is 5.56 Å². The standard InChI is InChI=1S/C37H55N13O13/c1-18-31(57)48-23(15-26(52)53)35(61)49-22(14-19-8-3-2-4-9-19)34(60)47-20(33(59)46-21(32(58)45-18)11-7-13-42-37(38)39)10-5-6-12-41-36(62)30-29(56)28(55)27(54)24(63-30)16-43-25(51)17-44-50-40/h2-4,8-9,18,20-24,27-30,54-56H,5-7,10-17H2,1H3,(H,41,62)(H,43,51)(H,45,58)(H,46,59)(H,47,60)(H,48,57)(H,49,61)(H,52,53)(H4,38,39,42)/t18-,20-,21-,22+,23-,24+,27+,28?,29-,30?/m0/s1. The van der Waals surface area contributed by atoms with E-state index in [9.17, 15) is 58.8 Å². The van der Waals surface area contributed by atoms with Crippen molar-refractivity contribution in [2.75, 3.05) is 26.2 Å². The third kappa shape index (κ3) is 16.7. The Morgan fingerprint density at radius 2 is 1.37 bits per heavy atom. The molecule has 0 aliphatic carbocycles. The molecular formula is C37H55N13O13. The van der Waals surface area contributed by atoms with E-state index in [1.165, 1.54) is 6.92 Å². The van der Waals surface area contributed by atoms with Gasteiger partial charge in [0.25, 0.3) is 5.91 Å². The Bertz CT molecular complexity index is 1860. The fourth-order valence-electron chi connectivity index (χ4n) is 6.47. The number of aliphatic imine (C=N–C) groups is 1. The second-order valence-corrected chi connectivity index (χ2v) is 14.8. The number of unbranched alkanes of at least 4 members (excludes halogenated alkanes) is 1. The van der Waals surface area contributed by atoms with Gasteiger partial charge in [-0.1, -0.05) is 35.4 Å². The van der Waals surface area contributed by atoms with Gasteiger partial charge < -0.3 is 73.8 Å². The van der Waals surface area contributed by atoms with Crippen molar-refractivity contribution < 1.29 is 63.5 Å². The second-order valence-electron chi connectivity index (χ2n) is 14.8. The molecule has 346 valence electrons. The zero-order chi connectivity index (χ0) is 46.6. The monoisotopic (exact) mass is 889 g/mol. The van der Waals surface area contributed by atoms with Gasteiger partial charge >= 0.3 is 5.97 Å². The summed E-state index contributed by atoms with van der Waals surface area (Å²) in [5.74, 6) is -7.78. The summed E-state index contributed by atoms with van der Waals surface area (Å²) in [5, 5.41) is 61.2. The summed E-state index contributed by atoms with van der Waals surface area (Å²) in [6.07, 6.45) is -9.15. The number of nitrogens with one attached hydrogen (secondary N) is 7. The number of azide groups is 1. The van der Waals surface area contributed by atoms with E-state index < -0.39 is 128 Å². The van der Waals surface area contributed by atoms with Gasteiger partial charge in [-0.05, 0) is 50.1 Å². The van der Waals surface area contributed by atoms with Crippen LogP contribution in [-0.4, -0.2) is 161 Å². The summed E-state index contributed by atoms with van der Waals surface area (Å²) in [4.78, 5) is 111. The van der Waals surface area contributed by atoms with Gasteiger partial charge in [0.05, 0.1) is 6.42 Å². The van der Waals surface area contributed by atoms with Crippen molar-refractivity contribution in [3.8, 4) is 0 Å². The molecule has 2 heterocycles. The Morgan fingerprint density at radius 1 is 0.778 bits per heavy atom. The number of carboxylic acids is 1. The van der Waals surface area contributed by atoms with Crippen LogP contribution >= 0.6 is 0 Å². The lowest BCUT2D eigenvalue weighted by Crippen LogP contribution is -2.63. The van der Waals surface area contributed by atoms with Crippen molar-refractivity contribution in [3.63, 3.8) is 0 Å². The van der Waals surface area contributed by atoms with E-state index in [0.717, 1.165) is 0 Å². The van der Waals surface area contributed by atoms with Gasteiger partial charge in [-0.15, -0.1) is 0 Å². The zero-order valence-corrected chi connectivity index (χ0v) is 34.3. The smallest absolute Gasteiger partial charge is 0.305 e. The van der Waals surface area contributed by atoms with Gasteiger partial charge in [0.15, 0.2) is 12.1 Å². The van der Waals surface area contributed by atoms with Crippen LogP contribution in [0, 0.1) is 0 Å². The first-order chi connectivity index (χ1) is 29.9. The lowest BCUT2D eigenvalue weighted by molar-refractivity contribution is -0.219. The summed E-state index contributed by atoms with van der Waals surface area (Å²) in [5.41, 5.74) is 19.8. The first-order valence-corrected chi connectivity index (χ1v) is 20.0. The Balaban J connectivity index is 1.83. The van der Waals surface area contributed by atoms with Crippen LogP contribution in [0.25, 0.3) is 10.4 Å². The number of amides is 7. The number of carbonyl (C=O) groups is 8. The van der Waals surface area contributed by atoms with Crippen LogP contribution in [0.5, 0.6) is 0 Å². The van der Waals surface area contributed by atoms with Gasteiger partial charge in [-0.3, -0.25) is 43.3 Å². The number of guanidine groups is 1. The number of aliphatic hydroxyl groups is 3. The molecule has 2 saturated heterocycles. The molecule has 1 aromatic rings. The summed E-state index contributed by atoms with van der Waals surface area (Å²) in [6, 6.07) is 1.34. The maximum absolute atomic E-state index is 14.0. The third-order valence-corrected chi connectivity index (χ3v) is 9.86. The molecule has 3 rings (SSSR count). The number of hydrogen-bond donors (Lipinski definition) is 13. The fraction of sp³-hybridized carbons (Fsp3) is 0.595. The Hall–Kier alpha value is -6.60. The van der Waals surface area contributed by atoms with Gasteiger partial charge in [-0.2, -0.15) is 0 Å². The van der Waals surface area contributed by atoms with Crippen LogP contribution in [0.2, 0.25) is 0 Å². The number of benzene rings is 1. The maximum atomic E-state index is 14.0. The van der Waals surface area contributed by atoms with E-state index in [4.69, 9.17) is 21.7 Å². The Kier molecular flexibility index (Phi) is 20.4. The third-order valence-electron chi connectivity index (χ3n) is 9.86. The van der Waals surface area contributed by atoms with Crippen molar-refractivity contribution in [1.82, 2.24) is 37.2 Å². The molecule has 26 nitrogen and oxygen atoms in total. The number of aliphatic carboxylic acids is 1. The molecule has 0 aromatic heterocycles. The van der Waals surface area contributed by atoms with Gasteiger partial charge in [0.2, 0.25) is 35.4 Å². The number of nitrogens with zero attached hydrogens (tertiary/aromatic N) is 4. The van der Waals surface area contributed by atoms with Crippen molar-refractivity contribution in [2.45, 2.75) is 113 Å². The highest BCUT2D eigenvalue weighted by Crippen LogP contribution is 2.21. The minimum atomic E-state index is -1.87. The minimum absolute atomic E-state index is 0.0442. The second kappa shape index (κ2) is 25.4. The molecule has 1 aromatic carbocycles. The summed E-state index contributed by atoms with van der Waals surface area (Å²) in [7, 11) is 0. The molecule has 0 saturated carbocycles. The molecule has 2 aliphatic heterocycles. The van der Waals surface area contributed by atoms with Gasteiger partial charge in [0, 0.05) is 31.0 Å². The van der Waals surface area contributed by atoms with E-state index in [1.807, 2.05) is 0 Å². The largest absolute Gasteiger partial charge is 0.481 e.